The van der Waals surface area contributed by atoms with E-state index in [1.807, 2.05) is 6.08 Å². The standard InChI is InChI=1S/C28H48O4Si/c1-27(2,3)33(5,6)32-28(4,23-14-10-9-11-15-23)21-20-22-18-19-25(29)24(22)16-12-7-8-13-17-26(30)31/h7,13,18,23-25,29H,9-12,14-17,19-21H2,1-6H3,(H,30,31)/t8?,24-,25+,28+/m1/s1. The average molecular weight is 477 g/mol. The molecule has 0 spiro atoms. The van der Waals surface area contributed by atoms with Crippen LogP contribution < -0.4 is 0 Å². The lowest BCUT2D eigenvalue weighted by atomic mass is 9.75. The highest BCUT2D eigenvalue weighted by Crippen LogP contribution is 2.46. The van der Waals surface area contributed by atoms with Crippen molar-refractivity contribution in [1.82, 2.24) is 0 Å². The Hall–Kier alpha value is -1.13. The maximum absolute atomic E-state index is 10.6. The van der Waals surface area contributed by atoms with Crippen molar-refractivity contribution in [2.24, 2.45) is 11.8 Å². The molecule has 2 rings (SSSR count). The second kappa shape index (κ2) is 12.0. The molecule has 0 aromatic rings. The fraction of sp³-hybridized carbons (Fsp3) is 0.786. The minimum atomic E-state index is -1.90. The van der Waals surface area contributed by atoms with Crippen molar-refractivity contribution in [3.05, 3.63) is 29.5 Å². The summed E-state index contributed by atoms with van der Waals surface area (Å²) < 4.78 is 7.18. The maximum atomic E-state index is 10.6. The molecule has 2 aliphatic carbocycles. The third-order valence-corrected chi connectivity index (χ3v) is 13.0. The SMILES string of the molecule is CC(C)(C)[Si](C)(C)O[C@@](C)(CCC1=CC[C@H](O)[C@@H]1CCC=C=CCC(=O)O)C1CCCCC1. The summed E-state index contributed by atoms with van der Waals surface area (Å²) >= 11 is 0. The minimum absolute atomic E-state index is 0.00167. The highest BCUT2D eigenvalue weighted by Gasteiger charge is 2.46. The van der Waals surface area contributed by atoms with Gasteiger partial charge in [0, 0.05) is 5.92 Å². The number of carboxylic acid groups (broad SMARTS) is 1. The van der Waals surface area contributed by atoms with Crippen LogP contribution in [0.15, 0.2) is 29.5 Å². The molecule has 5 heteroatoms. The van der Waals surface area contributed by atoms with E-state index in [0.717, 1.165) is 32.1 Å². The monoisotopic (exact) mass is 476 g/mol. The van der Waals surface area contributed by atoms with Crippen LogP contribution in [0.1, 0.15) is 98.3 Å². The summed E-state index contributed by atoms with van der Waals surface area (Å²) in [5.74, 6) is -0.0349. The predicted octanol–water partition coefficient (Wildman–Crippen LogP) is 7.40. The van der Waals surface area contributed by atoms with E-state index >= 15 is 0 Å². The van der Waals surface area contributed by atoms with E-state index in [1.54, 1.807) is 6.08 Å². The van der Waals surface area contributed by atoms with Crippen molar-refractivity contribution in [1.29, 1.82) is 0 Å². The first-order valence-corrected chi connectivity index (χ1v) is 15.9. The summed E-state index contributed by atoms with van der Waals surface area (Å²) in [5, 5.41) is 19.5. The first-order valence-electron chi connectivity index (χ1n) is 13.0. The molecule has 0 aromatic carbocycles. The van der Waals surface area contributed by atoms with Crippen LogP contribution in [0.25, 0.3) is 0 Å². The van der Waals surface area contributed by atoms with Gasteiger partial charge in [0.25, 0.3) is 0 Å². The summed E-state index contributed by atoms with van der Waals surface area (Å²) in [6, 6.07) is 0. The van der Waals surface area contributed by atoms with Crippen molar-refractivity contribution < 1.29 is 19.4 Å². The fourth-order valence-electron chi connectivity index (χ4n) is 5.26. The molecule has 0 saturated heterocycles. The van der Waals surface area contributed by atoms with Crippen LogP contribution in [-0.4, -0.2) is 36.2 Å². The molecule has 0 unspecified atom stereocenters. The number of aliphatic hydroxyl groups is 1. The molecule has 0 amide bonds. The lowest BCUT2D eigenvalue weighted by Crippen LogP contribution is -2.52. The highest BCUT2D eigenvalue weighted by molar-refractivity contribution is 6.74. The van der Waals surface area contributed by atoms with Gasteiger partial charge >= 0.3 is 5.97 Å². The molecule has 2 N–H and O–H groups in total. The third kappa shape index (κ3) is 8.24. The number of aliphatic carboxylic acids is 1. The lowest BCUT2D eigenvalue weighted by molar-refractivity contribution is -0.136. The van der Waals surface area contributed by atoms with Gasteiger partial charge in [0.2, 0.25) is 0 Å². The number of aliphatic hydroxyl groups excluding tert-OH is 1. The van der Waals surface area contributed by atoms with Crippen LogP contribution in [0.3, 0.4) is 0 Å². The zero-order chi connectivity index (χ0) is 24.7. The van der Waals surface area contributed by atoms with Crippen LogP contribution in [0.5, 0.6) is 0 Å². The molecule has 33 heavy (non-hydrogen) atoms. The second-order valence-corrected chi connectivity index (χ2v) is 16.7. The van der Waals surface area contributed by atoms with Crippen LogP contribution >= 0.6 is 0 Å². The quantitative estimate of drug-likeness (QED) is 0.185. The Morgan fingerprint density at radius 2 is 1.85 bits per heavy atom. The molecular weight excluding hydrogens is 428 g/mol. The van der Waals surface area contributed by atoms with Gasteiger partial charge in [0.15, 0.2) is 8.32 Å². The van der Waals surface area contributed by atoms with Gasteiger partial charge in [-0.15, -0.1) is 5.73 Å². The van der Waals surface area contributed by atoms with E-state index in [9.17, 15) is 9.90 Å². The van der Waals surface area contributed by atoms with E-state index in [0.29, 0.717) is 5.92 Å². The summed E-state index contributed by atoms with van der Waals surface area (Å²) in [4.78, 5) is 10.6. The van der Waals surface area contributed by atoms with Crippen LogP contribution in [-0.2, 0) is 9.22 Å². The van der Waals surface area contributed by atoms with Crippen LogP contribution in [0.2, 0.25) is 18.1 Å². The molecule has 4 nitrogen and oxygen atoms in total. The van der Waals surface area contributed by atoms with Gasteiger partial charge in [0.1, 0.15) is 0 Å². The van der Waals surface area contributed by atoms with E-state index in [2.05, 4.69) is 52.6 Å². The first-order chi connectivity index (χ1) is 15.4. The van der Waals surface area contributed by atoms with E-state index in [1.165, 1.54) is 37.7 Å². The molecular formula is C28H48O4Si. The fourth-order valence-corrected chi connectivity index (χ4v) is 7.00. The predicted molar refractivity (Wildman–Crippen MR) is 139 cm³/mol. The average Bonchev–Trinajstić information content (AvgIpc) is 3.08. The summed E-state index contributed by atoms with van der Waals surface area (Å²) in [6.07, 6.45) is 16.3. The maximum Gasteiger partial charge on any atom is 0.307 e. The van der Waals surface area contributed by atoms with E-state index < -0.39 is 14.3 Å². The Morgan fingerprint density at radius 3 is 2.45 bits per heavy atom. The Labute approximate surface area is 203 Å². The van der Waals surface area contributed by atoms with Gasteiger partial charge in [-0.05, 0) is 88.1 Å². The minimum Gasteiger partial charge on any atom is -0.481 e. The topological polar surface area (TPSA) is 66.8 Å². The number of carbonyl (C=O) groups is 1. The van der Waals surface area contributed by atoms with Crippen LogP contribution in [0, 0.1) is 11.8 Å². The van der Waals surface area contributed by atoms with Gasteiger partial charge in [-0.3, -0.25) is 4.79 Å². The van der Waals surface area contributed by atoms with Gasteiger partial charge < -0.3 is 14.6 Å². The summed E-state index contributed by atoms with van der Waals surface area (Å²) in [5.41, 5.74) is 4.23. The second-order valence-electron chi connectivity index (χ2n) is 11.9. The van der Waals surface area contributed by atoms with Crippen molar-refractivity contribution >= 4 is 14.3 Å². The molecule has 0 heterocycles. The first kappa shape index (κ1) is 28.1. The summed E-state index contributed by atoms with van der Waals surface area (Å²) in [6.45, 7) is 14.1. The molecule has 0 aliphatic heterocycles. The number of hydrogen-bond acceptors (Lipinski definition) is 3. The smallest absolute Gasteiger partial charge is 0.307 e. The van der Waals surface area contributed by atoms with Crippen LogP contribution in [0.4, 0.5) is 0 Å². The highest BCUT2D eigenvalue weighted by atomic mass is 28.4. The van der Waals surface area contributed by atoms with Crippen molar-refractivity contribution in [3.63, 3.8) is 0 Å². The van der Waals surface area contributed by atoms with E-state index in [4.69, 9.17) is 9.53 Å². The molecule has 1 saturated carbocycles. The Morgan fingerprint density at radius 1 is 1.18 bits per heavy atom. The summed E-state index contributed by atoms with van der Waals surface area (Å²) in [7, 11) is -1.90. The molecule has 1 fully saturated rings. The van der Waals surface area contributed by atoms with Gasteiger partial charge in [-0.2, -0.15) is 0 Å². The molecule has 3 atom stereocenters. The number of carboxylic acids is 1. The third-order valence-electron chi connectivity index (χ3n) is 8.37. The van der Waals surface area contributed by atoms with Crippen molar-refractivity contribution in [2.75, 3.05) is 0 Å². The molecule has 2 aliphatic rings. The normalized spacial score (nSPS) is 24.0. The largest absolute Gasteiger partial charge is 0.481 e. The van der Waals surface area contributed by atoms with Crippen molar-refractivity contribution in [2.45, 2.75) is 128 Å². The van der Waals surface area contributed by atoms with Gasteiger partial charge in [-0.25, -0.2) is 0 Å². The Kier molecular flexibility index (Phi) is 10.2. The molecule has 188 valence electrons. The molecule has 0 bridgehead atoms. The van der Waals surface area contributed by atoms with Gasteiger partial charge in [0.05, 0.1) is 18.1 Å². The lowest BCUT2D eigenvalue weighted by Gasteiger charge is -2.49. The van der Waals surface area contributed by atoms with Gasteiger partial charge in [-0.1, -0.05) is 51.7 Å². The Bertz CT molecular complexity index is 735. The number of rotatable bonds is 11. The van der Waals surface area contributed by atoms with Crippen molar-refractivity contribution in [3.8, 4) is 0 Å². The Balaban J connectivity index is 2.06. The zero-order valence-corrected chi connectivity index (χ0v) is 23.0. The van der Waals surface area contributed by atoms with E-state index in [-0.39, 0.29) is 29.1 Å². The molecule has 0 aromatic heterocycles. The number of hydrogen-bond donors (Lipinski definition) is 2. The zero-order valence-electron chi connectivity index (χ0n) is 22.0. The molecule has 0 radical (unpaired) electrons.